The van der Waals surface area contributed by atoms with E-state index in [0.717, 1.165) is 16.6 Å². The highest BCUT2D eigenvalue weighted by molar-refractivity contribution is 6.17. The van der Waals surface area contributed by atoms with Gasteiger partial charge in [-0.25, -0.2) is 4.98 Å². The molecule has 104 valence electrons. The Kier molecular flexibility index (Phi) is 3.71. The molecule has 0 aliphatic heterocycles. The number of benzene rings is 1. The summed E-state index contributed by atoms with van der Waals surface area (Å²) in [6.07, 6.45) is 5.31. The number of aromatic nitrogens is 4. The van der Waals surface area contributed by atoms with Gasteiger partial charge in [0.15, 0.2) is 0 Å². The van der Waals surface area contributed by atoms with Crippen LogP contribution in [-0.2, 0) is 6.54 Å². The molecule has 1 N–H and O–H groups in total. The van der Waals surface area contributed by atoms with Gasteiger partial charge in [0.1, 0.15) is 11.9 Å². The average molecular weight is 298 g/mol. The smallest absolute Gasteiger partial charge is 0.149 e. The lowest BCUT2D eigenvalue weighted by molar-refractivity contribution is 0.664. The quantitative estimate of drug-likeness (QED) is 0.594. The summed E-state index contributed by atoms with van der Waals surface area (Å²) < 4.78 is 1.74. The van der Waals surface area contributed by atoms with Gasteiger partial charge in [0.05, 0.1) is 29.3 Å². The van der Waals surface area contributed by atoms with Gasteiger partial charge < -0.3 is 4.98 Å². The van der Waals surface area contributed by atoms with Crippen LogP contribution in [0.5, 0.6) is 0 Å². The van der Waals surface area contributed by atoms with Crippen molar-refractivity contribution < 1.29 is 0 Å². The Hall–Kier alpha value is -2.58. The number of halogens is 1. The first-order valence-corrected chi connectivity index (χ1v) is 6.99. The van der Waals surface area contributed by atoms with Crippen molar-refractivity contribution in [3.05, 3.63) is 48.0 Å². The van der Waals surface area contributed by atoms with Gasteiger partial charge in [-0.1, -0.05) is 12.1 Å². The van der Waals surface area contributed by atoms with E-state index >= 15 is 0 Å². The van der Waals surface area contributed by atoms with E-state index in [9.17, 15) is 5.26 Å². The second kappa shape index (κ2) is 5.81. The molecule has 5 nitrogen and oxygen atoms in total. The third-order valence-corrected chi connectivity index (χ3v) is 3.21. The van der Waals surface area contributed by atoms with Gasteiger partial charge in [0, 0.05) is 17.6 Å². The van der Waals surface area contributed by atoms with E-state index in [-0.39, 0.29) is 0 Å². The maximum atomic E-state index is 9.35. The van der Waals surface area contributed by atoms with Crippen LogP contribution in [0.25, 0.3) is 22.7 Å². The minimum absolute atomic E-state index is 0.469. The van der Waals surface area contributed by atoms with Gasteiger partial charge in [0.25, 0.3) is 0 Å². The predicted molar refractivity (Wildman–Crippen MR) is 82.5 cm³/mol. The molecule has 0 aliphatic rings. The SMILES string of the molecule is N#CC(=Cc1cnn(CCCl)c1)c1nc2ccccc2[nH]1. The summed E-state index contributed by atoms with van der Waals surface area (Å²) in [5.41, 5.74) is 3.06. The van der Waals surface area contributed by atoms with Crippen molar-refractivity contribution in [2.24, 2.45) is 0 Å². The van der Waals surface area contributed by atoms with E-state index < -0.39 is 0 Å². The molecule has 0 radical (unpaired) electrons. The van der Waals surface area contributed by atoms with Crippen molar-refractivity contribution in [2.45, 2.75) is 6.54 Å². The maximum absolute atomic E-state index is 9.35. The zero-order chi connectivity index (χ0) is 14.7. The van der Waals surface area contributed by atoms with Gasteiger partial charge in [-0.05, 0) is 18.2 Å². The van der Waals surface area contributed by atoms with E-state index in [2.05, 4.69) is 21.1 Å². The van der Waals surface area contributed by atoms with Crippen LogP contribution < -0.4 is 0 Å². The molecule has 0 fully saturated rings. The Morgan fingerprint density at radius 3 is 3.05 bits per heavy atom. The van der Waals surface area contributed by atoms with Crippen molar-refractivity contribution >= 4 is 34.3 Å². The minimum atomic E-state index is 0.469. The van der Waals surface area contributed by atoms with Crippen LogP contribution in [0.15, 0.2) is 36.7 Å². The van der Waals surface area contributed by atoms with Crippen molar-refractivity contribution in [3.8, 4) is 6.07 Å². The second-order valence-electron chi connectivity index (χ2n) is 4.50. The Balaban J connectivity index is 1.96. The van der Waals surface area contributed by atoms with Crippen molar-refractivity contribution in [3.63, 3.8) is 0 Å². The van der Waals surface area contributed by atoms with Crippen LogP contribution in [0.2, 0.25) is 0 Å². The first-order valence-electron chi connectivity index (χ1n) is 6.45. The van der Waals surface area contributed by atoms with Gasteiger partial charge in [-0.3, -0.25) is 4.68 Å². The first-order chi connectivity index (χ1) is 10.3. The lowest BCUT2D eigenvalue weighted by Gasteiger charge is -1.94. The number of aryl methyl sites for hydroxylation is 1. The molecule has 0 atom stereocenters. The molecule has 6 heteroatoms. The number of allylic oxidation sites excluding steroid dienone is 1. The summed E-state index contributed by atoms with van der Waals surface area (Å²) in [7, 11) is 0. The normalized spacial score (nSPS) is 11.7. The highest BCUT2D eigenvalue weighted by atomic mass is 35.5. The zero-order valence-electron chi connectivity index (χ0n) is 11.1. The largest absolute Gasteiger partial charge is 0.337 e. The van der Waals surface area contributed by atoms with Crippen LogP contribution in [0.3, 0.4) is 0 Å². The number of rotatable bonds is 4. The molecule has 0 spiro atoms. The summed E-state index contributed by atoms with van der Waals surface area (Å²) in [6.45, 7) is 0.641. The summed E-state index contributed by atoms with van der Waals surface area (Å²) >= 11 is 5.68. The molecule has 0 saturated heterocycles. The first kappa shape index (κ1) is 13.4. The Morgan fingerprint density at radius 2 is 2.29 bits per heavy atom. The highest BCUT2D eigenvalue weighted by Crippen LogP contribution is 2.18. The number of nitrogens with zero attached hydrogens (tertiary/aromatic N) is 4. The minimum Gasteiger partial charge on any atom is -0.337 e. The number of H-pyrrole nitrogens is 1. The molecule has 3 aromatic rings. The van der Waals surface area contributed by atoms with Crippen LogP contribution in [0.1, 0.15) is 11.4 Å². The monoisotopic (exact) mass is 297 g/mol. The van der Waals surface area contributed by atoms with E-state index in [1.54, 1.807) is 17.0 Å². The molecular formula is C15H12ClN5. The average Bonchev–Trinajstić information content (AvgIpc) is 3.11. The summed E-state index contributed by atoms with van der Waals surface area (Å²) in [5.74, 6) is 1.06. The zero-order valence-corrected chi connectivity index (χ0v) is 11.9. The number of aromatic amines is 1. The number of nitrogens with one attached hydrogen (secondary N) is 1. The number of fused-ring (bicyclic) bond motifs is 1. The van der Waals surface area contributed by atoms with Crippen molar-refractivity contribution in [2.75, 3.05) is 5.88 Å². The molecule has 0 amide bonds. The standard InChI is InChI=1S/C15H12ClN5/c16-5-6-21-10-11(9-18-21)7-12(8-17)15-19-13-3-1-2-4-14(13)20-15/h1-4,7,9-10H,5-6H2,(H,19,20). The van der Waals surface area contributed by atoms with Crippen molar-refractivity contribution in [1.29, 1.82) is 5.26 Å². The van der Waals surface area contributed by atoms with Crippen LogP contribution in [0.4, 0.5) is 0 Å². The predicted octanol–water partition coefficient (Wildman–Crippen LogP) is 3.06. The van der Waals surface area contributed by atoms with Gasteiger partial charge in [0.2, 0.25) is 0 Å². The molecular weight excluding hydrogens is 286 g/mol. The molecule has 2 aromatic heterocycles. The third-order valence-electron chi connectivity index (χ3n) is 3.04. The fraction of sp³-hybridized carbons (Fsp3) is 0.133. The van der Waals surface area contributed by atoms with Gasteiger partial charge in [-0.2, -0.15) is 10.4 Å². The number of alkyl halides is 1. The van der Waals surface area contributed by atoms with Crippen molar-refractivity contribution in [1.82, 2.24) is 19.7 Å². The van der Waals surface area contributed by atoms with Crippen LogP contribution in [0, 0.1) is 11.3 Å². The van der Waals surface area contributed by atoms with Crippen LogP contribution >= 0.6 is 11.6 Å². The number of nitriles is 1. The molecule has 0 unspecified atom stereocenters. The fourth-order valence-electron chi connectivity index (χ4n) is 2.06. The lowest BCUT2D eigenvalue weighted by Crippen LogP contribution is -1.98. The number of imidazole rings is 1. The number of para-hydroxylation sites is 2. The molecule has 0 aliphatic carbocycles. The van der Waals surface area contributed by atoms with Crippen LogP contribution in [-0.4, -0.2) is 25.6 Å². The Labute approximate surface area is 126 Å². The summed E-state index contributed by atoms with van der Waals surface area (Å²) in [4.78, 5) is 7.58. The molecule has 21 heavy (non-hydrogen) atoms. The Bertz CT molecular complexity index is 804. The molecule has 3 rings (SSSR count). The van der Waals surface area contributed by atoms with E-state index in [1.165, 1.54) is 0 Å². The molecule has 0 bridgehead atoms. The second-order valence-corrected chi connectivity index (χ2v) is 4.88. The number of hydrogen-bond acceptors (Lipinski definition) is 3. The van der Waals surface area contributed by atoms with E-state index in [1.807, 2.05) is 30.5 Å². The Morgan fingerprint density at radius 1 is 1.43 bits per heavy atom. The topological polar surface area (TPSA) is 70.3 Å². The summed E-state index contributed by atoms with van der Waals surface area (Å²) in [6, 6.07) is 9.85. The van der Waals surface area contributed by atoms with Gasteiger partial charge >= 0.3 is 0 Å². The van der Waals surface area contributed by atoms with E-state index in [4.69, 9.17) is 11.6 Å². The third kappa shape index (κ3) is 2.81. The summed E-state index contributed by atoms with van der Waals surface area (Å²) in [5, 5.41) is 13.5. The number of hydrogen-bond donors (Lipinski definition) is 1. The highest BCUT2D eigenvalue weighted by Gasteiger charge is 2.08. The van der Waals surface area contributed by atoms with Gasteiger partial charge in [-0.15, -0.1) is 11.6 Å². The molecule has 2 heterocycles. The van der Waals surface area contributed by atoms with E-state index in [0.29, 0.717) is 23.8 Å². The molecule has 0 saturated carbocycles. The molecule has 1 aromatic carbocycles. The fourth-order valence-corrected chi connectivity index (χ4v) is 2.24. The maximum Gasteiger partial charge on any atom is 0.149 e. The lowest BCUT2D eigenvalue weighted by atomic mass is 10.2.